The summed E-state index contributed by atoms with van der Waals surface area (Å²) in [5.74, 6) is 0.983. The Kier molecular flexibility index (Phi) is 4.77. The zero-order valence-corrected chi connectivity index (χ0v) is 11.0. The topological polar surface area (TPSA) is 92.7 Å². The molecule has 0 unspecified atom stereocenters. The van der Waals surface area contributed by atoms with Crippen LogP contribution in [0.15, 0.2) is 21.7 Å². The van der Waals surface area contributed by atoms with Crippen LogP contribution in [0.1, 0.15) is 5.56 Å². The van der Waals surface area contributed by atoms with Gasteiger partial charge in [0.25, 0.3) is 0 Å². The third-order valence-electron chi connectivity index (χ3n) is 1.85. The molecule has 4 N–H and O–H groups in total. The Labute approximate surface area is 107 Å². The maximum Gasteiger partial charge on any atom is 0.206 e. The van der Waals surface area contributed by atoms with Crippen molar-refractivity contribution in [3.8, 4) is 11.5 Å². The molecule has 1 rings (SSSR count). The van der Waals surface area contributed by atoms with Gasteiger partial charge in [-0.25, -0.2) is 5.43 Å². The fourth-order valence-electron chi connectivity index (χ4n) is 1.19. The molecule has 1 aromatic carbocycles. The maximum absolute atomic E-state index is 6.94. The summed E-state index contributed by atoms with van der Waals surface area (Å²) in [6, 6.07) is 3.57. The molecule has 0 saturated carbocycles. The second-order valence-electron chi connectivity index (χ2n) is 3.02. The van der Waals surface area contributed by atoms with E-state index in [1.165, 1.54) is 6.21 Å². The molecule has 0 aliphatic heterocycles. The lowest BCUT2D eigenvalue weighted by atomic mass is 10.2. The van der Waals surface area contributed by atoms with E-state index >= 15 is 0 Å². The molecule has 1 aromatic rings. The Hall–Kier alpha value is -1.76. The second kappa shape index (κ2) is 6.09. The van der Waals surface area contributed by atoms with Gasteiger partial charge in [-0.1, -0.05) is 0 Å². The normalized spacial score (nSPS) is 10.3. The van der Waals surface area contributed by atoms with Crippen LogP contribution < -0.4 is 20.6 Å². The van der Waals surface area contributed by atoms with Crippen LogP contribution in [-0.4, -0.2) is 26.4 Å². The first-order valence-electron chi connectivity index (χ1n) is 4.63. The van der Waals surface area contributed by atoms with Crippen molar-refractivity contribution in [1.29, 1.82) is 5.41 Å². The van der Waals surface area contributed by atoms with Crippen LogP contribution in [0.5, 0.6) is 11.5 Å². The number of nitrogens with one attached hydrogen (secondary N) is 2. The SMILES string of the molecule is COc1cc(/C=N/NC(=N)N)cc(Br)c1OC. The minimum Gasteiger partial charge on any atom is -0.493 e. The van der Waals surface area contributed by atoms with E-state index in [1.54, 1.807) is 20.3 Å². The van der Waals surface area contributed by atoms with Crippen LogP contribution in [0.4, 0.5) is 0 Å². The lowest BCUT2D eigenvalue weighted by Gasteiger charge is -2.10. The van der Waals surface area contributed by atoms with Crippen LogP contribution in [0.25, 0.3) is 0 Å². The molecular formula is C10H13BrN4O2. The Morgan fingerprint density at radius 3 is 2.71 bits per heavy atom. The fraction of sp³-hybridized carbons (Fsp3) is 0.200. The van der Waals surface area contributed by atoms with Gasteiger partial charge >= 0.3 is 0 Å². The van der Waals surface area contributed by atoms with Gasteiger partial charge < -0.3 is 15.2 Å². The van der Waals surface area contributed by atoms with E-state index in [0.29, 0.717) is 11.5 Å². The van der Waals surface area contributed by atoms with Crippen molar-refractivity contribution in [1.82, 2.24) is 5.43 Å². The van der Waals surface area contributed by atoms with Crippen molar-refractivity contribution in [2.75, 3.05) is 14.2 Å². The van der Waals surface area contributed by atoms with Gasteiger partial charge in [-0.2, -0.15) is 5.10 Å². The van der Waals surface area contributed by atoms with E-state index in [2.05, 4.69) is 26.5 Å². The quantitative estimate of drug-likeness (QED) is 0.444. The molecule has 0 aromatic heterocycles. The van der Waals surface area contributed by atoms with E-state index in [4.69, 9.17) is 20.6 Å². The van der Waals surface area contributed by atoms with Gasteiger partial charge in [0.1, 0.15) is 0 Å². The predicted octanol–water partition coefficient (Wildman–Crippen LogP) is 1.28. The molecule has 17 heavy (non-hydrogen) atoms. The van der Waals surface area contributed by atoms with Crippen LogP contribution in [0.2, 0.25) is 0 Å². The van der Waals surface area contributed by atoms with Crippen molar-refractivity contribution >= 4 is 28.1 Å². The first kappa shape index (κ1) is 13.3. The largest absolute Gasteiger partial charge is 0.493 e. The predicted molar refractivity (Wildman–Crippen MR) is 69.9 cm³/mol. The summed E-state index contributed by atoms with van der Waals surface area (Å²) in [6.45, 7) is 0. The summed E-state index contributed by atoms with van der Waals surface area (Å²) in [5.41, 5.74) is 8.20. The standard InChI is InChI=1S/C10H13BrN4O2/c1-16-8-4-6(5-14-15-10(12)13)3-7(11)9(8)17-2/h3-5H,1-2H3,(H4,12,13,15)/b14-5+. The molecule has 0 radical (unpaired) electrons. The van der Waals surface area contributed by atoms with Crippen molar-refractivity contribution in [2.45, 2.75) is 0 Å². The monoisotopic (exact) mass is 300 g/mol. The Morgan fingerprint density at radius 2 is 2.18 bits per heavy atom. The summed E-state index contributed by atoms with van der Waals surface area (Å²) in [7, 11) is 3.12. The molecule has 0 bridgehead atoms. The zero-order valence-electron chi connectivity index (χ0n) is 9.45. The molecule has 0 atom stereocenters. The first-order chi connectivity index (χ1) is 8.08. The van der Waals surface area contributed by atoms with Gasteiger partial charge in [-0.3, -0.25) is 5.41 Å². The summed E-state index contributed by atoms with van der Waals surface area (Å²) in [4.78, 5) is 0. The Balaban J connectivity index is 2.99. The lowest BCUT2D eigenvalue weighted by Crippen LogP contribution is -2.25. The van der Waals surface area contributed by atoms with Gasteiger partial charge in [-0.05, 0) is 33.6 Å². The zero-order chi connectivity index (χ0) is 12.8. The average Bonchev–Trinajstić information content (AvgIpc) is 2.27. The number of hydrazone groups is 1. The van der Waals surface area contributed by atoms with Gasteiger partial charge in [0.15, 0.2) is 11.5 Å². The van der Waals surface area contributed by atoms with E-state index in [9.17, 15) is 0 Å². The number of nitrogens with two attached hydrogens (primary N) is 1. The molecule has 0 aliphatic rings. The Bertz CT molecular complexity index is 448. The summed E-state index contributed by atoms with van der Waals surface area (Å²) in [5, 5.41) is 10.7. The van der Waals surface area contributed by atoms with Crippen molar-refractivity contribution in [3.05, 3.63) is 22.2 Å². The van der Waals surface area contributed by atoms with Crippen LogP contribution in [0, 0.1) is 5.41 Å². The van der Waals surface area contributed by atoms with Crippen molar-refractivity contribution in [2.24, 2.45) is 10.8 Å². The van der Waals surface area contributed by atoms with E-state index in [1.807, 2.05) is 6.07 Å². The molecule has 0 saturated heterocycles. The Morgan fingerprint density at radius 1 is 1.47 bits per heavy atom. The minimum atomic E-state index is -0.221. The van der Waals surface area contributed by atoms with Crippen LogP contribution in [-0.2, 0) is 0 Å². The summed E-state index contributed by atoms with van der Waals surface area (Å²) >= 11 is 3.37. The van der Waals surface area contributed by atoms with E-state index in [-0.39, 0.29) is 5.96 Å². The summed E-state index contributed by atoms with van der Waals surface area (Å²) in [6.07, 6.45) is 1.52. The fourth-order valence-corrected chi connectivity index (χ4v) is 1.81. The van der Waals surface area contributed by atoms with E-state index in [0.717, 1.165) is 10.0 Å². The second-order valence-corrected chi connectivity index (χ2v) is 3.88. The highest BCUT2D eigenvalue weighted by atomic mass is 79.9. The van der Waals surface area contributed by atoms with Crippen LogP contribution in [0.3, 0.4) is 0 Å². The number of rotatable bonds is 4. The van der Waals surface area contributed by atoms with Crippen molar-refractivity contribution < 1.29 is 9.47 Å². The number of ether oxygens (including phenoxy) is 2. The van der Waals surface area contributed by atoms with Gasteiger partial charge in [-0.15, -0.1) is 0 Å². The minimum absolute atomic E-state index is 0.221. The molecule has 92 valence electrons. The van der Waals surface area contributed by atoms with Gasteiger partial charge in [0, 0.05) is 0 Å². The number of nitrogens with zero attached hydrogens (tertiary/aromatic N) is 1. The number of hydrogen-bond acceptors (Lipinski definition) is 4. The third-order valence-corrected chi connectivity index (χ3v) is 2.44. The molecule has 6 nitrogen and oxygen atoms in total. The molecule has 0 fully saturated rings. The highest BCUT2D eigenvalue weighted by Gasteiger charge is 2.09. The molecular weight excluding hydrogens is 288 g/mol. The molecule has 0 aliphatic carbocycles. The molecule has 0 spiro atoms. The lowest BCUT2D eigenvalue weighted by molar-refractivity contribution is 0.353. The third kappa shape index (κ3) is 3.63. The van der Waals surface area contributed by atoms with Gasteiger partial charge in [0.2, 0.25) is 5.96 Å². The molecule has 7 heteroatoms. The van der Waals surface area contributed by atoms with Crippen LogP contribution >= 0.6 is 15.9 Å². The maximum atomic E-state index is 6.94. The molecule has 0 heterocycles. The number of benzene rings is 1. The van der Waals surface area contributed by atoms with E-state index < -0.39 is 0 Å². The summed E-state index contributed by atoms with van der Waals surface area (Å²) < 4.78 is 11.1. The molecule has 0 amide bonds. The number of halogens is 1. The van der Waals surface area contributed by atoms with Crippen molar-refractivity contribution in [3.63, 3.8) is 0 Å². The van der Waals surface area contributed by atoms with Gasteiger partial charge in [0.05, 0.1) is 24.9 Å². The highest BCUT2D eigenvalue weighted by Crippen LogP contribution is 2.35. The number of guanidine groups is 1. The smallest absolute Gasteiger partial charge is 0.206 e. The first-order valence-corrected chi connectivity index (χ1v) is 5.42. The number of hydrogen-bond donors (Lipinski definition) is 3. The number of methoxy groups -OCH3 is 2. The highest BCUT2D eigenvalue weighted by molar-refractivity contribution is 9.10. The average molecular weight is 301 g/mol.